The molecule has 1 aliphatic heterocycles. The van der Waals surface area contributed by atoms with E-state index in [1.54, 1.807) is 7.11 Å². The Kier molecular flexibility index (Phi) is 4.25. The van der Waals surface area contributed by atoms with Gasteiger partial charge in [-0.1, -0.05) is 6.07 Å². The summed E-state index contributed by atoms with van der Waals surface area (Å²) in [5.74, 6) is -0.186. The maximum Gasteiger partial charge on any atom is 0.471 e. The maximum atomic E-state index is 12.5. The molecule has 1 fully saturated rings. The minimum Gasteiger partial charge on any atom is -0.497 e. The second kappa shape index (κ2) is 6.06. The van der Waals surface area contributed by atoms with Crippen LogP contribution in [0.5, 0.6) is 5.75 Å². The average molecular weight is 327 g/mol. The van der Waals surface area contributed by atoms with Gasteiger partial charge < -0.3 is 9.64 Å². The first kappa shape index (κ1) is 16.1. The molecule has 0 spiro atoms. The molecule has 0 bridgehead atoms. The number of likely N-dealkylation sites (tertiary alicyclic amines) is 1. The third-order valence-corrected chi connectivity index (χ3v) is 5.12. The van der Waals surface area contributed by atoms with E-state index in [0.717, 1.165) is 23.5 Å². The fourth-order valence-electron chi connectivity index (χ4n) is 3.91. The second-order valence-corrected chi connectivity index (χ2v) is 6.34. The van der Waals surface area contributed by atoms with Gasteiger partial charge in [0.05, 0.1) is 7.11 Å². The molecule has 1 aromatic rings. The number of amides is 1. The van der Waals surface area contributed by atoms with Gasteiger partial charge in [-0.3, -0.25) is 4.79 Å². The molecule has 2 aliphatic rings. The zero-order valence-corrected chi connectivity index (χ0v) is 13.0. The summed E-state index contributed by atoms with van der Waals surface area (Å²) < 4.78 is 42.8. The van der Waals surface area contributed by atoms with Crippen molar-refractivity contribution in [2.75, 3.05) is 20.2 Å². The fraction of sp³-hybridized carbons (Fsp3) is 0.588. The van der Waals surface area contributed by atoms with Crippen LogP contribution in [0.2, 0.25) is 0 Å². The van der Waals surface area contributed by atoms with Crippen LogP contribution in [-0.2, 0) is 11.2 Å². The molecule has 0 aromatic heterocycles. The third kappa shape index (κ3) is 3.16. The molecule has 1 atom stereocenters. The molecule has 23 heavy (non-hydrogen) atoms. The molecule has 1 heterocycles. The number of piperidine rings is 1. The van der Waals surface area contributed by atoms with Crippen LogP contribution in [0.4, 0.5) is 13.2 Å². The van der Waals surface area contributed by atoms with Crippen LogP contribution in [0, 0.1) is 5.92 Å². The summed E-state index contributed by atoms with van der Waals surface area (Å²) in [5, 5.41) is 0. The number of alkyl halides is 3. The van der Waals surface area contributed by atoms with Gasteiger partial charge in [0.1, 0.15) is 5.75 Å². The highest BCUT2D eigenvalue weighted by atomic mass is 19.4. The zero-order valence-electron chi connectivity index (χ0n) is 13.0. The number of aryl methyl sites for hydroxylation is 1. The maximum absolute atomic E-state index is 12.5. The van der Waals surface area contributed by atoms with Gasteiger partial charge in [0.15, 0.2) is 0 Å². The van der Waals surface area contributed by atoms with Gasteiger partial charge in [0.25, 0.3) is 0 Å². The van der Waals surface area contributed by atoms with Crippen LogP contribution in [0.25, 0.3) is 0 Å². The van der Waals surface area contributed by atoms with Gasteiger partial charge in [0.2, 0.25) is 0 Å². The van der Waals surface area contributed by atoms with Gasteiger partial charge in [-0.25, -0.2) is 0 Å². The van der Waals surface area contributed by atoms with Gasteiger partial charge >= 0.3 is 12.1 Å². The Hall–Kier alpha value is -1.72. The Morgan fingerprint density at radius 3 is 2.52 bits per heavy atom. The number of carbonyl (C=O) groups is 1. The van der Waals surface area contributed by atoms with Crippen molar-refractivity contribution < 1.29 is 22.7 Å². The molecule has 6 heteroatoms. The molecule has 0 saturated carbocycles. The van der Waals surface area contributed by atoms with Crippen molar-refractivity contribution in [3.63, 3.8) is 0 Å². The van der Waals surface area contributed by atoms with Crippen LogP contribution < -0.4 is 4.74 Å². The first-order chi connectivity index (χ1) is 10.9. The lowest BCUT2D eigenvalue weighted by Crippen LogP contribution is -2.45. The van der Waals surface area contributed by atoms with Gasteiger partial charge in [-0.05, 0) is 60.8 Å². The predicted octanol–water partition coefficient (Wildman–Crippen LogP) is 3.53. The Morgan fingerprint density at radius 1 is 1.22 bits per heavy atom. The van der Waals surface area contributed by atoms with Gasteiger partial charge in [0, 0.05) is 13.1 Å². The summed E-state index contributed by atoms with van der Waals surface area (Å²) in [6.45, 7) is 0.387. The number of ether oxygens (including phenoxy) is 1. The number of hydrogen-bond donors (Lipinski definition) is 0. The van der Waals surface area contributed by atoms with E-state index in [1.165, 1.54) is 11.1 Å². The smallest absolute Gasteiger partial charge is 0.471 e. The molecule has 1 amide bonds. The monoisotopic (exact) mass is 327 g/mol. The highest BCUT2D eigenvalue weighted by molar-refractivity contribution is 5.81. The van der Waals surface area contributed by atoms with E-state index in [1.807, 2.05) is 6.07 Å². The molecule has 0 radical (unpaired) electrons. The number of rotatable bonds is 2. The number of methoxy groups -OCH3 is 1. The Bertz CT molecular complexity index is 592. The van der Waals surface area contributed by atoms with Crippen molar-refractivity contribution in [1.82, 2.24) is 4.90 Å². The van der Waals surface area contributed by atoms with E-state index >= 15 is 0 Å². The first-order valence-electron chi connectivity index (χ1n) is 7.93. The van der Waals surface area contributed by atoms with E-state index in [4.69, 9.17) is 4.74 Å². The van der Waals surface area contributed by atoms with Crippen LogP contribution >= 0.6 is 0 Å². The van der Waals surface area contributed by atoms with E-state index in [-0.39, 0.29) is 13.1 Å². The van der Waals surface area contributed by atoms with Crippen LogP contribution in [0.1, 0.15) is 36.3 Å². The Labute approximate surface area is 133 Å². The normalized spacial score (nSPS) is 22.1. The quantitative estimate of drug-likeness (QED) is 0.832. The minimum absolute atomic E-state index is 0.193. The van der Waals surface area contributed by atoms with Crippen molar-refractivity contribution in [3.05, 3.63) is 29.3 Å². The number of hydrogen-bond acceptors (Lipinski definition) is 2. The number of benzene rings is 1. The van der Waals surface area contributed by atoms with Crippen molar-refractivity contribution in [2.24, 2.45) is 5.92 Å². The molecule has 1 aliphatic carbocycles. The highest BCUT2D eigenvalue weighted by Gasteiger charge is 2.44. The van der Waals surface area contributed by atoms with Gasteiger partial charge in [-0.2, -0.15) is 13.2 Å². The van der Waals surface area contributed by atoms with E-state index in [2.05, 4.69) is 12.1 Å². The SMILES string of the molecule is COc1ccc2c(c1)C(C1CCN(C(=O)C(F)(F)F)CC1)CC2. The second-order valence-electron chi connectivity index (χ2n) is 6.34. The first-order valence-corrected chi connectivity index (χ1v) is 7.93. The molecule has 1 unspecified atom stereocenters. The summed E-state index contributed by atoms with van der Waals surface area (Å²) in [5.41, 5.74) is 2.58. The highest BCUT2D eigenvalue weighted by Crippen LogP contribution is 2.43. The minimum atomic E-state index is -4.76. The zero-order chi connectivity index (χ0) is 16.6. The van der Waals surface area contributed by atoms with E-state index in [0.29, 0.717) is 24.7 Å². The Morgan fingerprint density at radius 2 is 1.91 bits per heavy atom. The molecule has 0 N–H and O–H groups in total. The third-order valence-electron chi connectivity index (χ3n) is 5.12. The molecular formula is C17H20F3NO2. The number of fused-ring (bicyclic) bond motifs is 1. The van der Waals surface area contributed by atoms with Crippen LogP contribution in [0.3, 0.4) is 0 Å². The standard InChI is InChI=1S/C17H20F3NO2/c1-23-13-4-2-11-3-5-14(15(11)10-13)12-6-8-21(9-7-12)16(22)17(18,19)20/h2,4,10,12,14H,3,5-9H2,1H3. The summed E-state index contributed by atoms with van der Waals surface area (Å²) in [6, 6.07) is 6.09. The van der Waals surface area contributed by atoms with Crippen molar-refractivity contribution >= 4 is 5.91 Å². The van der Waals surface area contributed by atoms with Crippen molar-refractivity contribution in [1.29, 1.82) is 0 Å². The molecule has 1 saturated heterocycles. The number of carbonyl (C=O) groups excluding carboxylic acids is 1. The molecule has 126 valence electrons. The van der Waals surface area contributed by atoms with Crippen LogP contribution in [0.15, 0.2) is 18.2 Å². The fourth-order valence-corrected chi connectivity index (χ4v) is 3.91. The summed E-state index contributed by atoms with van der Waals surface area (Å²) in [7, 11) is 1.63. The Balaban J connectivity index is 1.67. The predicted molar refractivity (Wildman–Crippen MR) is 79.4 cm³/mol. The van der Waals surface area contributed by atoms with Crippen molar-refractivity contribution in [3.8, 4) is 5.75 Å². The summed E-state index contributed by atoms with van der Waals surface area (Å²) in [4.78, 5) is 12.3. The van der Waals surface area contributed by atoms with Gasteiger partial charge in [-0.15, -0.1) is 0 Å². The molecule has 1 aromatic carbocycles. The molecular weight excluding hydrogens is 307 g/mol. The molecule has 3 rings (SSSR count). The largest absolute Gasteiger partial charge is 0.497 e. The number of halogens is 3. The lowest BCUT2D eigenvalue weighted by atomic mass is 9.81. The summed E-state index contributed by atoms with van der Waals surface area (Å²) in [6.07, 6.45) is -1.47. The van der Waals surface area contributed by atoms with E-state index < -0.39 is 12.1 Å². The molecule has 3 nitrogen and oxygen atoms in total. The average Bonchev–Trinajstić information content (AvgIpc) is 2.96. The lowest BCUT2D eigenvalue weighted by Gasteiger charge is -2.35. The van der Waals surface area contributed by atoms with Crippen LogP contribution in [-0.4, -0.2) is 37.2 Å². The van der Waals surface area contributed by atoms with E-state index in [9.17, 15) is 18.0 Å². The van der Waals surface area contributed by atoms with Crippen molar-refractivity contribution in [2.45, 2.75) is 37.8 Å². The number of nitrogens with zero attached hydrogens (tertiary/aromatic N) is 1. The topological polar surface area (TPSA) is 29.5 Å². The lowest BCUT2D eigenvalue weighted by molar-refractivity contribution is -0.186. The summed E-state index contributed by atoms with van der Waals surface area (Å²) >= 11 is 0.